The van der Waals surface area contributed by atoms with Crippen LogP contribution < -0.4 is 11.2 Å². The summed E-state index contributed by atoms with van der Waals surface area (Å²) >= 11 is 0. The Kier molecular flexibility index (Phi) is 5.94. The topological polar surface area (TPSA) is 154 Å². The van der Waals surface area contributed by atoms with Crippen molar-refractivity contribution >= 4 is 11.7 Å². The van der Waals surface area contributed by atoms with Crippen LogP contribution in [0.15, 0.2) is 40.1 Å². The summed E-state index contributed by atoms with van der Waals surface area (Å²) in [5.41, 5.74) is -4.64. The number of carbonyl (C=O) groups excluding carboxylic acids is 1. The number of aromatic amines is 1. The lowest BCUT2D eigenvalue weighted by Gasteiger charge is -2.17. The number of nitrogens with one attached hydrogen (secondary N) is 1. The van der Waals surface area contributed by atoms with Gasteiger partial charge in [-0.1, -0.05) is 0 Å². The fourth-order valence-corrected chi connectivity index (χ4v) is 2.90. The second-order valence-electron chi connectivity index (χ2n) is 6.54. The molecule has 31 heavy (non-hydrogen) atoms. The van der Waals surface area contributed by atoms with Gasteiger partial charge in [0.1, 0.15) is 24.5 Å². The second-order valence-corrected chi connectivity index (χ2v) is 6.54. The zero-order valence-corrected chi connectivity index (χ0v) is 15.4. The van der Waals surface area contributed by atoms with E-state index in [0.29, 0.717) is 10.8 Å². The average molecular weight is 445 g/mol. The predicted octanol–water partition coefficient (Wildman–Crippen LogP) is 0.969. The van der Waals surface area contributed by atoms with Crippen LogP contribution in [0.25, 0.3) is 0 Å². The highest BCUT2D eigenvalue weighted by Crippen LogP contribution is 2.30. The van der Waals surface area contributed by atoms with Gasteiger partial charge >= 0.3 is 17.8 Å². The quantitative estimate of drug-likeness (QED) is 0.392. The van der Waals surface area contributed by atoms with Gasteiger partial charge in [0.2, 0.25) is 0 Å². The zero-order valence-electron chi connectivity index (χ0n) is 15.4. The molecule has 3 atom stereocenters. The van der Waals surface area contributed by atoms with E-state index in [1.54, 1.807) is 4.98 Å². The Morgan fingerprint density at radius 1 is 1.32 bits per heavy atom. The van der Waals surface area contributed by atoms with E-state index in [-0.39, 0.29) is 17.7 Å². The summed E-state index contributed by atoms with van der Waals surface area (Å²) in [4.78, 5) is 46.8. The van der Waals surface area contributed by atoms with E-state index in [1.165, 1.54) is 0 Å². The molecule has 2 N–H and O–H groups in total. The van der Waals surface area contributed by atoms with Gasteiger partial charge in [0.15, 0.2) is 0 Å². The number of ether oxygens (including phenoxy) is 2. The SMILES string of the molecule is O=C(OC[C@H]1O[C@@H](n2cc(C(F)(F)F)c(=O)[nH]c2=O)C[C@@H]1O)c1ccc([N+](=O)[O-])cc1. The molecule has 0 amide bonds. The molecule has 1 aliphatic heterocycles. The summed E-state index contributed by atoms with van der Waals surface area (Å²) < 4.78 is 49.6. The van der Waals surface area contributed by atoms with E-state index in [0.717, 1.165) is 24.3 Å². The molecule has 166 valence electrons. The van der Waals surface area contributed by atoms with Crippen molar-refractivity contribution in [2.75, 3.05) is 6.61 Å². The minimum atomic E-state index is -5.01. The fourth-order valence-electron chi connectivity index (χ4n) is 2.90. The molecule has 0 radical (unpaired) electrons. The van der Waals surface area contributed by atoms with Crippen LogP contribution in [-0.2, 0) is 15.7 Å². The molecule has 2 heterocycles. The van der Waals surface area contributed by atoms with Crippen molar-refractivity contribution in [3.63, 3.8) is 0 Å². The van der Waals surface area contributed by atoms with Crippen molar-refractivity contribution in [1.29, 1.82) is 0 Å². The van der Waals surface area contributed by atoms with Crippen molar-refractivity contribution in [2.45, 2.75) is 31.0 Å². The van der Waals surface area contributed by atoms with Crippen LogP contribution >= 0.6 is 0 Å². The van der Waals surface area contributed by atoms with Crippen LogP contribution in [0, 0.1) is 10.1 Å². The van der Waals surface area contributed by atoms with E-state index in [9.17, 15) is 42.8 Å². The lowest BCUT2D eigenvalue weighted by molar-refractivity contribution is -0.384. The third kappa shape index (κ3) is 4.80. The maximum Gasteiger partial charge on any atom is 0.423 e. The largest absolute Gasteiger partial charge is 0.459 e. The van der Waals surface area contributed by atoms with E-state index >= 15 is 0 Å². The summed E-state index contributed by atoms with van der Waals surface area (Å²) in [7, 11) is 0. The number of alkyl halides is 3. The van der Waals surface area contributed by atoms with E-state index in [2.05, 4.69) is 0 Å². The van der Waals surface area contributed by atoms with E-state index in [1.807, 2.05) is 0 Å². The number of carbonyl (C=O) groups is 1. The number of H-pyrrole nitrogens is 1. The van der Waals surface area contributed by atoms with Crippen LogP contribution in [0.3, 0.4) is 0 Å². The lowest BCUT2D eigenvalue weighted by Crippen LogP contribution is -2.36. The number of aliphatic hydroxyl groups is 1. The van der Waals surface area contributed by atoms with Crippen molar-refractivity contribution < 1.29 is 37.5 Å². The fraction of sp³-hybridized carbons (Fsp3) is 0.353. The summed E-state index contributed by atoms with van der Waals surface area (Å²) in [5, 5.41) is 20.7. The normalized spacial score (nSPS) is 21.1. The molecule has 2 aromatic rings. The Morgan fingerprint density at radius 2 is 1.97 bits per heavy atom. The molecule has 14 heteroatoms. The Hall–Kier alpha value is -3.52. The summed E-state index contributed by atoms with van der Waals surface area (Å²) in [5.74, 6) is -0.880. The van der Waals surface area contributed by atoms with Gasteiger partial charge in [-0.3, -0.25) is 24.5 Å². The first-order valence-electron chi connectivity index (χ1n) is 8.65. The molecule has 1 aromatic heterocycles. The maximum absolute atomic E-state index is 12.9. The van der Waals surface area contributed by atoms with Crippen LogP contribution in [0.5, 0.6) is 0 Å². The average Bonchev–Trinajstić information content (AvgIpc) is 3.05. The summed E-state index contributed by atoms with van der Waals surface area (Å²) in [6, 6.07) is 4.50. The standard InChI is InChI=1S/C17H14F3N3O8/c18-17(19,20)10-6-22(16(27)21-14(10)25)13-5-11(24)12(31-13)7-30-15(26)8-1-3-9(4-2-8)23(28)29/h1-4,6,11-13,24H,5,7H2,(H,21,25,27)/t11-,12+,13+/m0/s1. The highest BCUT2D eigenvalue weighted by Gasteiger charge is 2.39. The number of aromatic nitrogens is 2. The molecule has 1 saturated heterocycles. The molecule has 1 fully saturated rings. The van der Waals surface area contributed by atoms with Crippen LogP contribution in [-0.4, -0.2) is 44.4 Å². The molecule has 1 aromatic carbocycles. The third-order valence-corrected chi connectivity index (χ3v) is 4.48. The molecule has 0 saturated carbocycles. The van der Waals surface area contributed by atoms with Gasteiger partial charge in [-0.25, -0.2) is 9.59 Å². The number of non-ortho nitro benzene ring substituents is 1. The second kappa shape index (κ2) is 8.31. The minimum Gasteiger partial charge on any atom is -0.459 e. The number of esters is 1. The van der Waals surface area contributed by atoms with Gasteiger partial charge in [-0.05, 0) is 12.1 Å². The molecular weight excluding hydrogens is 431 g/mol. The maximum atomic E-state index is 12.9. The van der Waals surface area contributed by atoms with Crippen molar-refractivity contribution in [3.05, 3.63) is 72.5 Å². The first-order valence-corrected chi connectivity index (χ1v) is 8.65. The predicted molar refractivity (Wildman–Crippen MR) is 94.2 cm³/mol. The Labute approximate surface area is 169 Å². The number of nitro benzene ring substituents is 1. The van der Waals surface area contributed by atoms with Crippen LogP contribution in [0.2, 0.25) is 0 Å². The van der Waals surface area contributed by atoms with Gasteiger partial charge in [-0.15, -0.1) is 0 Å². The Balaban J connectivity index is 1.69. The minimum absolute atomic E-state index is 0.0127. The van der Waals surface area contributed by atoms with Gasteiger partial charge in [-0.2, -0.15) is 13.2 Å². The number of nitro groups is 1. The first-order chi connectivity index (χ1) is 14.5. The van der Waals surface area contributed by atoms with Gasteiger partial charge in [0.05, 0.1) is 16.6 Å². The Bertz CT molecular complexity index is 1110. The molecule has 11 nitrogen and oxygen atoms in total. The summed E-state index contributed by atoms with van der Waals surface area (Å²) in [6.45, 7) is -0.502. The monoisotopic (exact) mass is 445 g/mol. The third-order valence-electron chi connectivity index (χ3n) is 4.48. The van der Waals surface area contributed by atoms with Gasteiger partial charge in [0.25, 0.3) is 11.2 Å². The molecule has 0 spiro atoms. The van der Waals surface area contributed by atoms with E-state index in [4.69, 9.17) is 9.47 Å². The molecule has 0 unspecified atom stereocenters. The van der Waals surface area contributed by atoms with Crippen molar-refractivity contribution in [2.24, 2.45) is 0 Å². The molecule has 3 rings (SSSR count). The number of hydrogen-bond donors (Lipinski definition) is 2. The van der Waals surface area contributed by atoms with Gasteiger partial charge < -0.3 is 14.6 Å². The number of aliphatic hydroxyl groups excluding tert-OH is 1. The lowest BCUT2D eigenvalue weighted by atomic mass is 10.2. The molecule has 1 aliphatic rings. The zero-order chi connectivity index (χ0) is 22.9. The van der Waals surface area contributed by atoms with Crippen molar-refractivity contribution in [3.8, 4) is 0 Å². The van der Waals surface area contributed by atoms with E-state index < -0.39 is 58.9 Å². The number of halogens is 3. The first kappa shape index (κ1) is 22.2. The smallest absolute Gasteiger partial charge is 0.423 e. The van der Waals surface area contributed by atoms with Gasteiger partial charge in [0, 0.05) is 24.8 Å². The summed E-state index contributed by atoms with van der Waals surface area (Å²) in [6.07, 6.45) is -8.82. The number of nitrogens with zero attached hydrogens (tertiary/aromatic N) is 2. The Morgan fingerprint density at radius 3 is 2.55 bits per heavy atom. The van der Waals surface area contributed by atoms with Crippen LogP contribution in [0.4, 0.5) is 18.9 Å². The highest BCUT2D eigenvalue weighted by molar-refractivity contribution is 5.89. The highest BCUT2D eigenvalue weighted by atomic mass is 19.4. The number of hydrogen-bond acceptors (Lipinski definition) is 8. The molecule has 0 aliphatic carbocycles. The molecule has 0 bridgehead atoms. The number of benzene rings is 1. The molecular formula is C17H14F3N3O8. The number of rotatable bonds is 5. The van der Waals surface area contributed by atoms with Crippen molar-refractivity contribution in [1.82, 2.24) is 9.55 Å². The van der Waals surface area contributed by atoms with Crippen LogP contribution in [0.1, 0.15) is 28.6 Å².